The molecule has 144 valence electrons. The summed E-state index contributed by atoms with van der Waals surface area (Å²) in [5.41, 5.74) is 1.64. The second-order valence-corrected chi connectivity index (χ2v) is 5.89. The molecule has 1 amide bonds. The molecule has 0 aromatic heterocycles. The average molecular weight is 375 g/mol. The van der Waals surface area contributed by atoms with Crippen LogP contribution in [0.1, 0.15) is 17.5 Å². The highest BCUT2D eigenvalue weighted by Gasteiger charge is 2.10. The van der Waals surface area contributed by atoms with Crippen molar-refractivity contribution in [3.05, 3.63) is 53.3 Å². The molecule has 0 spiro atoms. The van der Waals surface area contributed by atoms with Crippen LogP contribution in [0.25, 0.3) is 0 Å². The van der Waals surface area contributed by atoms with Crippen molar-refractivity contribution >= 4 is 17.6 Å². The summed E-state index contributed by atoms with van der Waals surface area (Å²) in [7, 11) is 3.09. The zero-order chi connectivity index (χ0) is 19.8. The minimum atomic E-state index is -0.533. The molecular formula is C20H22FNO5. The van der Waals surface area contributed by atoms with Crippen LogP contribution in [-0.2, 0) is 20.7 Å². The third-order valence-electron chi connectivity index (χ3n) is 3.85. The highest BCUT2D eigenvalue weighted by atomic mass is 19.1. The minimum absolute atomic E-state index is 0.1000. The summed E-state index contributed by atoms with van der Waals surface area (Å²) < 4.78 is 28.8. The van der Waals surface area contributed by atoms with Crippen molar-refractivity contribution in [3.63, 3.8) is 0 Å². The van der Waals surface area contributed by atoms with E-state index in [-0.39, 0.29) is 6.42 Å². The van der Waals surface area contributed by atoms with Gasteiger partial charge in [-0.2, -0.15) is 0 Å². The third kappa shape index (κ3) is 6.29. The fourth-order valence-electron chi connectivity index (χ4n) is 2.34. The lowest BCUT2D eigenvalue weighted by atomic mass is 10.1. The highest BCUT2D eigenvalue weighted by Crippen LogP contribution is 2.23. The molecule has 0 fully saturated rings. The van der Waals surface area contributed by atoms with Crippen LogP contribution >= 0.6 is 0 Å². The summed E-state index contributed by atoms with van der Waals surface area (Å²) >= 11 is 0. The molecule has 0 unspecified atom stereocenters. The molecule has 0 aliphatic carbocycles. The van der Waals surface area contributed by atoms with Crippen molar-refractivity contribution in [2.75, 3.05) is 26.1 Å². The molecule has 0 saturated heterocycles. The number of benzene rings is 2. The van der Waals surface area contributed by atoms with Gasteiger partial charge in [-0.1, -0.05) is 6.07 Å². The second kappa shape index (κ2) is 9.56. The maximum absolute atomic E-state index is 13.5. The van der Waals surface area contributed by atoms with Gasteiger partial charge in [-0.15, -0.1) is 0 Å². The Morgan fingerprint density at radius 2 is 1.70 bits per heavy atom. The Labute approximate surface area is 157 Å². The van der Waals surface area contributed by atoms with Crippen LogP contribution in [0.2, 0.25) is 0 Å². The van der Waals surface area contributed by atoms with Crippen molar-refractivity contribution in [2.45, 2.75) is 19.8 Å². The van der Waals surface area contributed by atoms with Crippen molar-refractivity contribution in [2.24, 2.45) is 0 Å². The van der Waals surface area contributed by atoms with Gasteiger partial charge >= 0.3 is 5.97 Å². The Kier molecular flexibility index (Phi) is 7.16. The first-order valence-electron chi connectivity index (χ1n) is 8.35. The van der Waals surface area contributed by atoms with Gasteiger partial charge in [0.15, 0.2) is 6.61 Å². The molecule has 27 heavy (non-hydrogen) atoms. The Hall–Kier alpha value is -3.09. The van der Waals surface area contributed by atoms with Crippen LogP contribution in [-0.4, -0.2) is 32.7 Å². The topological polar surface area (TPSA) is 73.9 Å². The molecule has 0 heterocycles. The lowest BCUT2D eigenvalue weighted by Gasteiger charge is -2.09. The van der Waals surface area contributed by atoms with Gasteiger partial charge in [0.1, 0.15) is 17.3 Å². The van der Waals surface area contributed by atoms with E-state index >= 15 is 0 Å². The van der Waals surface area contributed by atoms with Crippen molar-refractivity contribution < 1.29 is 28.2 Å². The number of nitrogens with one attached hydrogen (secondary N) is 1. The smallest absolute Gasteiger partial charge is 0.306 e. The van der Waals surface area contributed by atoms with Crippen LogP contribution in [0.4, 0.5) is 10.1 Å². The van der Waals surface area contributed by atoms with Crippen LogP contribution in [0.15, 0.2) is 36.4 Å². The Balaban J connectivity index is 1.80. The monoisotopic (exact) mass is 375 g/mol. The Morgan fingerprint density at radius 3 is 2.30 bits per heavy atom. The van der Waals surface area contributed by atoms with Crippen LogP contribution in [0.3, 0.4) is 0 Å². The molecule has 0 radical (unpaired) electrons. The molecule has 6 nitrogen and oxygen atoms in total. The lowest BCUT2D eigenvalue weighted by molar-refractivity contribution is -0.147. The summed E-state index contributed by atoms with van der Waals surface area (Å²) in [6, 6.07) is 9.68. The number of methoxy groups -OCH3 is 2. The maximum atomic E-state index is 13.5. The van der Waals surface area contributed by atoms with E-state index in [1.54, 1.807) is 51.5 Å². The number of halogens is 1. The van der Waals surface area contributed by atoms with Crippen molar-refractivity contribution in [1.82, 2.24) is 0 Å². The largest absolute Gasteiger partial charge is 0.497 e. The van der Waals surface area contributed by atoms with Crippen molar-refractivity contribution in [3.8, 4) is 11.5 Å². The summed E-state index contributed by atoms with van der Waals surface area (Å²) in [5, 5.41) is 2.48. The number of carbonyl (C=O) groups is 2. The van der Waals surface area contributed by atoms with Crippen LogP contribution < -0.4 is 14.8 Å². The molecule has 1 N–H and O–H groups in total. The van der Waals surface area contributed by atoms with Crippen molar-refractivity contribution in [1.29, 1.82) is 0 Å². The number of rotatable bonds is 8. The van der Waals surface area contributed by atoms with Gasteiger partial charge in [0.05, 0.1) is 14.2 Å². The van der Waals surface area contributed by atoms with E-state index in [4.69, 9.17) is 14.2 Å². The molecule has 0 atom stereocenters. The van der Waals surface area contributed by atoms with E-state index in [1.165, 1.54) is 6.07 Å². The first-order chi connectivity index (χ1) is 12.9. The maximum Gasteiger partial charge on any atom is 0.306 e. The fourth-order valence-corrected chi connectivity index (χ4v) is 2.34. The van der Waals surface area contributed by atoms with E-state index < -0.39 is 24.3 Å². The Bertz CT molecular complexity index is 800. The molecule has 0 saturated carbocycles. The average Bonchev–Trinajstić information content (AvgIpc) is 2.67. The van der Waals surface area contributed by atoms with E-state index in [0.717, 1.165) is 5.56 Å². The predicted octanol–water partition coefficient (Wildman–Crippen LogP) is 3.27. The first-order valence-corrected chi connectivity index (χ1v) is 8.35. The molecular weight excluding hydrogens is 353 g/mol. The van der Waals surface area contributed by atoms with Crippen LogP contribution in [0.5, 0.6) is 11.5 Å². The van der Waals surface area contributed by atoms with Gasteiger partial charge in [-0.25, -0.2) is 4.39 Å². The number of amides is 1. The number of hydrogen-bond acceptors (Lipinski definition) is 5. The van der Waals surface area contributed by atoms with Crippen LogP contribution in [0, 0.1) is 12.7 Å². The minimum Gasteiger partial charge on any atom is -0.497 e. The summed E-state index contributed by atoms with van der Waals surface area (Å²) in [6.07, 6.45) is 0.514. The van der Waals surface area contributed by atoms with E-state index in [1.807, 2.05) is 0 Å². The zero-order valence-corrected chi connectivity index (χ0v) is 15.5. The predicted molar refractivity (Wildman–Crippen MR) is 98.6 cm³/mol. The van der Waals surface area contributed by atoms with Gasteiger partial charge < -0.3 is 19.5 Å². The first kappa shape index (κ1) is 20.2. The van der Waals surface area contributed by atoms with Gasteiger partial charge in [0, 0.05) is 18.2 Å². The number of aryl methyl sites for hydroxylation is 2. The third-order valence-corrected chi connectivity index (χ3v) is 3.85. The number of anilines is 1. The number of ether oxygens (including phenoxy) is 3. The summed E-state index contributed by atoms with van der Waals surface area (Å²) in [6.45, 7) is 1.19. The molecule has 2 aromatic carbocycles. The SMILES string of the molecule is COc1cc(CCC(=O)OCC(=O)Nc2ccc(C)c(F)c2)cc(OC)c1. The fraction of sp³-hybridized carbons (Fsp3) is 0.300. The standard InChI is InChI=1S/C20H22FNO5/c1-13-4-6-15(10-18(13)21)22-19(23)12-27-20(24)7-5-14-8-16(25-2)11-17(9-14)26-3/h4,6,8-11H,5,7,12H2,1-3H3,(H,22,23). The Morgan fingerprint density at radius 1 is 1.04 bits per heavy atom. The molecule has 0 aliphatic rings. The number of carbonyl (C=O) groups excluding carboxylic acids is 2. The van der Waals surface area contributed by atoms with E-state index in [9.17, 15) is 14.0 Å². The lowest BCUT2D eigenvalue weighted by Crippen LogP contribution is -2.21. The highest BCUT2D eigenvalue weighted by molar-refractivity contribution is 5.92. The zero-order valence-electron chi connectivity index (χ0n) is 15.5. The summed E-state index contributed by atoms with van der Waals surface area (Å²) in [4.78, 5) is 23.7. The van der Waals surface area contributed by atoms with Gasteiger partial charge in [0.25, 0.3) is 5.91 Å². The second-order valence-electron chi connectivity index (χ2n) is 5.89. The van der Waals surface area contributed by atoms with Gasteiger partial charge in [-0.05, 0) is 48.7 Å². The summed E-state index contributed by atoms with van der Waals surface area (Å²) in [5.74, 6) is -0.208. The van der Waals surface area contributed by atoms with E-state index in [0.29, 0.717) is 29.2 Å². The number of esters is 1. The normalized spacial score (nSPS) is 10.2. The van der Waals surface area contributed by atoms with Gasteiger partial charge in [-0.3, -0.25) is 9.59 Å². The van der Waals surface area contributed by atoms with E-state index in [2.05, 4.69) is 5.32 Å². The molecule has 0 aliphatic heterocycles. The molecule has 7 heteroatoms. The van der Waals surface area contributed by atoms with Gasteiger partial charge in [0.2, 0.25) is 0 Å². The molecule has 0 bridgehead atoms. The molecule has 2 rings (SSSR count). The molecule has 2 aromatic rings. The number of hydrogen-bond donors (Lipinski definition) is 1. The quantitative estimate of drug-likeness (QED) is 0.717.